The summed E-state index contributed by atoms with van der Waals surface area (Å²) in [5, 5.41) is 3.66. The predicted octanol–water partition coefficient (Wildman–Crippen LogP) is 2.12. The summed E-state index contributed by atoms with van der Waals surface area (Å²) in [6, 6.07) is 7.46. The van der Waals surface area contributed by atoms with Crippen LogP contribution >= 0.6 is 0 Å². The number of halogens is 1. The van der Waals surface area contributed by atoms with Crippen LogP contribution in [0.3, 0.4) is 0 Å². The number of nitrogens with zero attached hydrogens (tertiary/aromatic N) is 2. The lowest BCUT2D eigenvalue weighted by atomic mass is 10.0. The van der Waals surface area contributed by atoms with Crippen LogP contribution in [0, 0.1) is 5.82 Å². The Balaban J connectivity index is 1.64. The van der Waals surface area contributed by atoms with E-state index in [0.717, 1.165) is 0 Å². The number of carbonyl (C=O) groups is 1. The smallest absolute Gasteiger partial charge is 0.276 e. The van der Waals surface area contributed by atoms with Crippen LogP contribution in [0.25, 0.3) is 0 Å². The minimum Gasteiger partial charge on any atom is -0.490 e. The first-order valence-electron chi connectivity index (χ1n) is 7.25. The number of rotatable bonds is 5. The first-order chi connectivity index (χ1) is 11.1. The molecule has 1 aromatic heterocycles. The summed E-state index contributed by atoms with van der Waals surface area (Å²) >= 11 is 0. The summed E-state index contributed by atoms with van der Waals surface area (Å²) in [4.78, 5) is 13.9. The third-order valence-electron chi connectivity index (χ3n) is 3.99. The van der Waals surface area contributed by atoms with Crippen molar-refractivity contribution in [2.45, 2.75) is 12.0 Å². The standard InChI is InChI=1S/C16H17FN2O4/c1-21-16(11-22-13-4-2-3-12(17)9-13)6-7-19(10-16)15(20)14-5-8-23-18-14/h2-5,8-9H,6-7,10-11H2,1H3/t16-/m0/s1. The summed E-state index contributed by atoms with van der Waals surface area (Å²) < 4.78 is 29.1. The van der Waals surface area contributed by atoms with E-state index in [-0.39, 0.29) is 24.0 Å². The molecule has 3 rings (SSSR count). The van der Waals surface area contributed by atoms with E-state index in [1.807, 2.05) is 0 Å². The molecule has 6 nitrogen and oxygen atoms in total. The maximum Gasteiger partial charge on any atom is 0.276 e. The average molecular weight is 320 g/mol. The fraction of sp³-hybridized carbons (Fsp3) is 0.375. The van der Waals surface area contributed by atoms with Crippen LogP contribution in [0.1, 0.15) is 16.9 Å². The van der Waals surface area contributed by atoms with Gasteiger partial charge in [0.25, 0.3) is 5.91 Å². The highest BCUT2D eigenvalue weighted by Gasteiger charge is 2.41. The molecule has 1 saturated heterocycles. The lowest BCUT2D eigenvalue weighted by molar-refractivity contribution is -0.0343. The normalized spacial score (nSPS) is 20.7. The maximum atomic E-state index is 13.2. The average Bonchev–Trinajstić information content (AvgIpc) is 3.23. The summed E-state index contributed by atoms with van der Waals surface area (Å²) in [6.07, 6.45) is 1.99. The van der Waals surface area contributed by atoms with Crippen LogP contribution in [-0.4, -0.2) is 48.4 Å². The summed E-state index contributed by atoms with van der Waals surface area (Å²) in [5.41, 5.74) is -0.353. The van der Waals surface area contributed by atoms with Crippen molar-refractivity contribution in [1.82, 2.24) is 10.1 Å². The van der Waals surface area contributed by atoms with E-state index in [9.17, 15) is 9.18 Å². The zero-order valence-corrected chi connectivity index (χ0v) is 12.7. The largest absolute Gasteiger partial charge is 0.490 e. The van der Waals surface area contributed by atoms with Gasteiger partial charge in [-0.05, 0) is 18.6 Å². The Bertz CT molecular complexity index is 676. The van der Waals surface area contributed by atoms with Crippen LogP contribution in [0.5, 0.6) is 5.75 Å². The molecule has 1 aliphatic rings. The van der Waals surface area contributed by atoms with Crippen LogP contribution in [-0.2, 0) is 4.74 Å². The van der Waals surface area contributed by atoms with Gasteiger partial charge in [-0.15, -0.1) is 0 Å². The van der Waals surface area contributed by atoms with Gasteiger partial charge in [0, 0.05) is 25.8 Å². The monoisotopic (exact) mass is 320 g/mol. The number of hydrogen-bond acceptors (Lipinski definition) is 5. The molecule has 0 spiro atoms. The predicted molar refractivity (Wildman–Crippen MR) is 78.7 cm³/mol. The molecule has 0 aliphatic carbocycles. The Morgan fingerprint density at radius 3 is 3.04 bits per heavy atom. The molecule has 0 radical (unpaired) electrons. The van der Waals surface area contributed by atoms with E-state index >= 15 is 0 Å². The van der Waals surface area contributed by atoms with Gasteiger partial charge in [0.15, 0.2) is 5.69 Å². The number of aromatic nitrogens is 1. The molecule has 7 heteroatoms. The maximum absolute atomic E-state index is 13.2. The van der Waals surface area contributed by atoms with Crippen molar-refractivity contribution in [2.24, 2.45) is 0 Å². The summed E-state index contributed by atoms with van der Waals surface area (Å²) in [6.45, 7) is 1.14. The van der Waals surface area contributed by atoms with Gasteiger partial charge in [0.2, 0.25) is 0 Å². The van der Waals surface area contributed by atoms with E-state index < -0.39 is 5.60 Å². The first kappa shape index (κ1) is 15.5. The highest BCUT2D eigenvalue weighted by molar-refractivity contribution is 5.92. The molecule has 122 valence electrons. The Hall–Kier alpha value is -2.41. The topological polar surface area (TPSA) is 64.8 Å². The molecule has 2 aromatic rings. The second-order valence-corrected chi connectivity index (χ2v) is 5.49. The van der Waals surface area contributed by atoms with Crippen molar-refractivity contribution < 1.29 is 23.2 Å². The van der Waals surface area contributed by atoms with Gasteiger partial charge < -0.3 is 18.9 Å². The van der Waals surface area contributed by atoms with Crippen LogP contribution in [0.4, 0.5) is 4.39 Å². The Labute approximate surface area is 132 Å². The molecule has 2 heterocycles. The van der Waals surface area contributed by atoms with Crippen molar-refractivity contribution in [3.8, 4) is 5.75 Å². The van der Waals surface area contributed by atoms with Crippen LogP contribution in [0.15, 0.2) is 41.1 Å². The van der Waals surface area contributed by atoms with Crippen molar-refractivity contribution in [3.05, 3.63) is 48.1 Å². The molecule has 0 bridgehead atoms. The van der Waals surface area contributed by atoms with E-state index in [2.05, 4.69) is 5.16 Å². The number of likely N-dealkylation sites (tertiary alicyclic amines) is 1. The van der Waals surface area contributed by atoms with Gasteiger partial charge in [-0.3, -0.25) is 4.79 Å². The molecule has 1 atom stereocenters. The zero-order chi connectivity index (χ0) is 16.3. The number of hydrogen-bond donors (Lipinski definition) is 0. The lowest BCUT2D eigenvalue weighted by Gasteiger charge is -2.27. The number of carbonyl (C=O) groups excluding carboxylic acids is 1. The van der Waals surface area contributed by atoms with Gasteiger partial charge in [0.05, 0.1) is 6.54 Å². The van der Waals surface area contributed by atoms with Crippen molar-refractivity contribution in [1.29, 1.82) is 0 Å². The fourth-order valence-corrected chi connectivity index (χ4v) is 2.62. The second kappa shape index (κ2) is 6.37. The first-order valence-corrected chi connectivity index (χ1v) is 7.25. The molecule has 1 amide bonds. The highest BCUT2D eigenvalue weighted by Crippen LogP contribution is 2.27. The fourth-order valence-electron chi connectivity index (χ4n) is 2.62. The van der Waals surface area contributed by atoms with E-state index in [1.165, 1.54) is 24.5 Å². The number of ether oxygens (including phenoxy) is 2. The van der Waals surface area contributed by atoms with Gasteiger partial charge in [-0.25, -0.2) is 4.39 Å². The van der Waals surface area contributed by atoms with Gasteiger partial charge in [0.1, 0.15) is 30.0 Å². The Morgan fingerprint density at radius 2 is 2.35 bits per heavy atom. The third kappa shape index (κ3) is 3.34. The molecule has 1 aromatic carbocycles. The third-order valence-corrected chi connectivity index (χ3v) is 3.99. The lowest BCUT2D eigenvalue weighted by Crippen LogP contribution is -2.42. The van der Waals surface area contributed by atoms with Crippen molar-refractivity contribution in [3.63, 3.8) is 0 Å². The van der Waals surface area contributed by atoms with Crippen molar-refractivity contribution >= 4 is 5.91 Å². The molecule has 0 unspecified atom stereocenters. The van der Waals surface area contributed by atoms with E-state index in [4.69, 9.17) is 14.0 Å². The highest BCUT2D eigenvalue weighted by atomic mass is 19.1. The molecule has 1 aliphatic heterocycles. The second-order valence-electron chi connectivity index (χ2n) is 5.49. The molecule has 0 N–H and O–H groups in total. The van der Waals surface area contributed by atoms with Crippen molar-refractivity contribution in [2.75, 3.05) is 26.8 Å². The van der Waals surface area contributed by atoms with Gasteiger partial charge in [-0.1, -0.05) is 11.2 Å². The minimum atomic E-state index is -0.619. The number of amides is 1. The Kier molecular flexibility index (Phi) is 4.29. The van der Waals surface area contributed by atoms with E-state index in [0.29, 0.717) is 25.3 Å². The minimum absolute atomic E-state index is 0.205. The zero-order valence-electron chi connectivity index (χ0n) is 12.7. The summed E-state index contributed by atoms with van der Waals surface area (Å²) in [5.74, 6) is -0.130. The number of benzene rings is 1. The molecule has 23 heavy (non-hydrogen) atoms. The van der Waals surface area contributed by atoms with Crippen LogP contribution < -0.4 is 4.74 Å². The molecule has 0 saturated carbocycles. The quantitative estimate of drug-likeness (QED) is 0.844. The van der Waals surface area contributed by atoms with Gasteiger partial charge >= 0.3 is 0 Å². The van der Waals surface area contributed by atoms with Crippen LogP contribution in [0.2, 0.25) is 0 Å². The van der Waals surface area contributed by atoms with E-state index in [1.54, 1.807) is 24.1 Å². The SMILES string of the molecule is CO[C@@]1(COc2cccc(F)c2)CCN(C(=O)c2ccon2)C1. The molecule has 1 fully saturated rings. The van der Waals surface area contributed by atoms with Gasteiger partial charge in [-0.2, -0.15) is 0 Å². The Morgan fingerprint density at radius 1 is 1.48 bits per heavy atom. The summed E-state index contributed by atoms with van der Waals surface area (Å²) in [7, 11) is 1.58. The number of methoxy groups -OCH3 is 1. The molecular formula is C16H17FN2O4. The molecular weight excluding hydrogens is 303 g/mol.